The number of ether oxygens (including phenoxy) is 2. The van der Waals surface area contributed by atoms with E-state index in [1.807, 2.05) is 38.1 Å². The zero-order chi connectivity index (χ0) is 22.5. The lowest BCUT2D eigenvalue weighted by atomic mass is 9.85. The molecule has 0 aliphatic carbocycles. The first kappa shape index (κ1) is 24.0. The Morgan fingerprint density at radius 3 is 1.40 bits per heavy atom. The standard InChI is InChI=1S/C27H38O3/c1-9-23(19-13-11-15-21(17-19)26(3,4)5)29-25(28)30-24(10-2)20-14-12-16-22(18-20)27(6,7)8/h11-18,23-24H,9-10H2,1-8H3. The average Bonchev–Trinajstić information content (AvgIpc) is 2.69. The Labute approximate surface area is 182 Å². The molecule has 2 atom stereocenters. The van der Waals surface area contributed by atoms with E-state index in [0.29, 0.717) is 12.8 Å². The Hall–Kier alpha value is -2.29. The maximum Gasteiger partial charge on any atom is 0.509 e. The second-order valence-corrected chi connectivity index (χ2v) is 10.0. The second kappa shape index (κ2) is 9.68. The monoisotopic (exact) mass is 410 g/mol. The van der Waals surface area contributed by atoms with Crippen LogP contribution >= 0.6 is 0 Å². The van der Waals surface area contributed by atoms with Gasteiger partial charge in [0.25, 0.3) is 0 Å². The van der Waals surface area contributed by atoms with Gasteiger partial charge in [0.15, 0.2) is 0 Å². The number of hydrogen-bond donors (Lipinski definition) is 0. The van der Waals surface area contributed by atoms with Crippen molar-refractivity contribution in [3.05, 3.63) is 70.8 Å². The molecule has 3 nitrogen and oxygen atoms in total. The van der Waals surface area contributed by atoms with E-state index in [9.17, 15) is 4.79 Å². The van der Waals surface area contributed by atoms with E-state index in [4.69, 9.17) is 9.47 Å². The summed E-state index contributed by atoms with van der Waals surface area (Å²) < 4.78 is 11.5. The third-order valence-electron chi connectivity index (χ3n) is 5.47. The van der Waals surface area contributed by atoms with Gasteiger partial charge < -0.3 is 9.47 Å². The lowest BCUT2D eigenvalue weighted by Gasteiger charge is -2.24. The molecule has 2 rings (SSSR count). The minimum Gasteiger partial charge on any atom is -0.426 e. The van der Waals surface area contributed by atoms with Gasteiger partial charge >= 0.3 is 6.16 Å². The molecule has 0 aliphatic rings. The van der Waals surface area contributed by atoms with Crippen molar-refractivity contribution in [2.24, 2.45) is 0 Å². The number of carbonyl (C=O) groups is 1. The van der Waals surface area contributed by atoms with Gasteiger partial charge in [0.05, 0.1) is 0 Å². The molecule has 0 heterocycles. The quantitative estimate of drug-likeness (QED) is 0.452. The highest BCUT2D eigenvalue weighted by Crippen LogP contribution is 2.31. The highest BCUT2D eigenvalue weighted by Gasteiger charge is 2.23. The predicted octanol–water partition coefficient (Wildman–Crippen LogP) is 8.04. The molecule has 0 spiro atoms. The Kier molecular flexibility index (Phi) is 7.74. The summed E-state index contributed by atoms with van der Waals surface area (Å²) in [6.45, 7) is 17.1. The van der Waals surface area contributed by atoms with E-state index in [0.717, 1.165) is 11.1 Å². The normalized spacial score (nSPS) is 14.1. The van der Waals surface area contributed by atoms with Crippen molar-refractivity contribution in [2.45, 2.75) is 91.3 Å². The van der Waals surface area contributed by atoms with E-state index < -0.39 is 6.16 Å². The van der Waals surface area contributed by atoms with Gasteiger partial charge in [-0.15, -0.1) is 0 Å². The first-order valence-corrected chi connectivity index (χ1v) is 11.0. The van der Waals surface area contributed by atoms with Gasteiger partial charge in [-0.3, -0.25) is 0 Å². The summed E-state index contributed by atoms with van der Waals surface area (Å²) in [7, 11) is 0. The molecule has 0 radical (unpaired) electrons. The summed E-state index contributed by atoms with van der Waals surface area (Å²) in [5.41, 5.74) is 4.54. The van der Waals surface area contributed by atoms with Crippen molar-refractivity contribution in [1.82, 2.24) is 0 Å². The molecule has 0 N–H and O–H groups in total. The van der Waals surface area contributed by atoms with Crippen LogP contribution in [-0.2, 0) is 20.3 Å². The molecule has 0 fully saturated rings. The second-order valence-electron chi connectivity index (χ2n) is 10.0. The van der Waals surface area contributed by atoms with Gasteiger partial charge in [0.1, 0.15) is 12.2 Å². The van der Waals surface area contributed by atoms with Gasteiger partial charge in [-0.2, -0.15) is 0 Å². The van der Waals surface area contributed by atoms with Crippen LogP contribution < -0.4 is 0 Å². The van der Waals surface area contributed by atoms with Crippen LogP contribution in [0.4, 0.5) is 4.79 Å². The van der Waals surface area contributed by atoms with E-state index >= 15 is 0 Å². The van der Waals surface area contributed by atoms with Gasteiger partial charge in [0, 0.05) is 0 Å². The molecule has 0 aliphatic heterocycles. The zero-order valence-corrected chi connectivity index (χ0v) is 19.9. The summed E-state index contributed by atoms with van der Waals surface area (Å²) in [5.74, 6) is 0. The molecule has 0 aromatic heterocycles. The maximum absolute atomic E-state index is 12.6. The van der Waals surface area contributed by atoms with Crippen LogP contribution in [0.25, 0.3) is 0 Å². The van der Waals surface area contributed by atoms with Crippen molar-refractivity contribution >= 4 is 6.16 Å². The number of hydrogen-bond acceptors (Lipinski definition) is 3. The molecule has 2 aromatic rings. The Morgan fingerprint density at radius 1 is 0.733 bits per heavy atom. The summed E-state index contributed by atoms with van der Waals surface area (Å²) >= 11 is 0. The fourth-order valence-corrected chi connectivity index (χ4v) is 3.45. The fourth-order valence-electron chi connectivity index (χ4n) is 3.45. The van der Waals surface area contributed by atoms with Crippen molar-refractivity contribution in [1.29, 1.82) is 0 Å². The predicted molar refractivity (Wildman–Crippen MR) is 124 cm³/mol. The Balaban J connectivity index is 2.14. The van der Waals surface area contributed by atoms with E-state index in [-0.39, 0.29) is 23.0 Å². The molecule has 2 unspecified atom stereocenters. The lowest BCUT2D eigenvalue weighted by molar-refractivity contribution is -0.00523. The van der Waals surface area contributed by atoms with Gasteiger partial charge in [-0.25, -0.2) is 4.79 Å². The molecule has 0 bridgehead atoms. The van der Waals surface area contributed by atoms with Crippen LogP contribution in [0.1, 0.15) is 103 Å². The molecule has 0 saturated carbocycles. The fraction of sp³-hybridized carbons (Fsp3) is 0.519. The topological polar surface area (TPSA) is 35.5 Å². The van der Waals surface area contributed by atoms with Gasteiger partial charge in [-0.1, -0.05) is 104 Å². The molecule has 3 heteroatoms. The van der Waals surface area contributed by atoms with Crippen molar-refractivity contribution in [2.75, 3.05) is 0 Å². The number of carbonyl (C=O) groups excluding carboxylic acids is 1. The van der Waals surface area contributed by atoms with E-state index in [1.54, 1.807) is 0 Å². The van der Waals surface area contributed by atoms with E-state index in [1.165, 1.54) is 11.1 Å². The van der Waals surface area contributed by atoms with Crippen molar-refractivity contribution < 1.29 is 14.3 Å². The summed E-state index contributed by atoms with van der Waals surface area (Å²) in [6.07, 6.45) is 0.130. The third kappa shape index (κ3) is 6.35. The average molecular weight is 411 g/mol. The van der Waals surface area contributed by atoms with E-state index in [2.05, 4.69) is 65.8 Å². The largest absolute Gasteiger partial charge is 0.509 e. The molecule has 30 heavy (non-hydrogen) atoms. The first-order valence-electron chi connectivity index (χ1n) is 11.0. The third-order valence-corrected chi connectivity index (χ3v) is 5.47. The maximum atomic E-state index is 12.6. The summed E-state index contributed by atoms with van der Waals surface area (Å²) in [4.78, 5) is 12.6. The van der Waals surface area contributed by atoms with Crippen LogP contribution in [-0.4, -0.2) is 6.16 Å². The molecule has 164 valence electrons. The molecule has 0 saturated heterocycles. The van der Waals surface area contributed by atoms with Crippen LogP contribution in [0.15, 0.2) is 48.5 Å². The Bertz CT molecular complexity index is 770. The SMILES string of the molecule is CCC(OC(=O)OC(CC)c1cccc(C(C)(C)C)c1)c1cccc(C(C)(C)C)c1. The summed E-state index contributed by atoms with van der Waals surface area (Å²) in [6, 6.07) is 16.6. The molecule has 0 amide bonds. The van der Waals surface area contributed by atoms with Gasteiger partial charge in [0.2, 0.25) is 0 Å². The van der Waals surface area contributed by atoms with Crippen LogP contribution in [0.3, 0.4) is 0 Å². The number of rotatable bonds is 6. The highest BCUT2D eigenvalue weighted by atomic mass is 16.7. The first-order chi connectivity index (χ1) is 14.0. The molecule has 2 aromatic carbocycles. The highest BCUT2D eigenvalue weighted by molar-refractivity contribution is 5.61. The Morgan fingerprint density at radius 2 is 1.10 bits per heavy atom. The molecular weight excluding hydrogens is 372 g/mol. The number of benzene rings is 2. The van der Waals surface area contributed by atoms with Crippen molar-refractivity contribution in [3.8, 4) is 0 Å². The minimum atomic E-state index is -0.615. The lowest BCUT2D eigenvalue weighted by Crippen LogP contribution is -2.17. The van der Waals surface area contributed by atoms with Crippen molar-refractivity contribution in [3.63, 3.8) is 0 Å². The zero-order valence-electron chi connectivity index (χ0n) is 19.9. The van der Waals surface area contributed by atoms with Gasteiger partial charge in [-0.05, 0) is 45.9 Å². The van der Waals surface area contributed by atoms with Crippen LogP contribution in [0.5, 0.6) is 0 Å². The smallest absolute Gasteiger partial charge is 0.426 e. The molecular formula is C27H38O3. The van der Waals surface area contributed by atoms with Crippen LogP contribution in [0.2, 0.25) is 0 Å². The van der Waals surface area contributed by atoms with Crippen LogP contribution in [0, 0.1) is 0 Å². The minimum absolute atomic E-state index is 0.0419. The summed E-state index contributed by atoms with van der Waals surface area (Å²) in [5, 5.41) is 0.